The largest absolute Gasteiger partial charge is 0.396 e. The third kappa shape index (κ3) is 3.23. The lowest BCUT2D eigenvalue weighted by atomic mass is 9.98. The number of hydrogen-bond acceptors (Lipinski definition) is 5. The molecule has 1 saturated heterocycles. The summed E-state index contributed by atoms with van der Waals surface area (Å²) in [6.07, 6.45) is 4.25. The molecule has 0 bridgehead atoms. The first-order valence-corrected chi connectivity index (χ1v) is 8.41. The molecule has 19 heavy (non-hydrogen) atoms. The first-order chi connectivity index (χ1) is 9.35. The number of hydrogen-bond donors (Lipinski definition) is 1. The minimum atomic E-state index is 0.344. The van der Waals surface area contributed by atoms with Crippen LogP contribution in [-0.4, -0.2) is 34.7 Å². The number of aliphatic hydroxyl groups excluding tert-OH is 1. The summed E-state index contributed by atoms with van der Waals surface area (Å²) in [5.74, 6) is 0.513. The normalized spacial score (nSPS) is 17.9. The van der Waals surface area contributed by atoms with Crippen molar-refractivity contribution in [3.05, 3.63) is 27.9 Å². The number of aliphatic hydroxyl groups is 1. The average molecular weight is 294 g/mol. The number of thiazole rings is 1. The second-order valence-corrected chi connectivity index (χ2v) is 6.94. The molecular formula is C14H18N2OS2. The van der Waals surface area contributed by atoms with Crippen LogP contribution in [0.4, 0.5) is 0 Å². The van der Waals surface area contributed by atoms with E-state index in [4.69, 9.17) is 5.11 Å². The SMILES string of the molecule is OCC1CCN(Cc2cnc(-c3ccsc3)s2)CC1. The van der Waals surface area contributed by atoms with E-state index in [0.717, 1.165) is 37.5 Å². The molecule has 0 saturated carbocycles. The Kier molecular flexibility index (Phi) is 4.28. The second kappa shape index (κ2) is 6.13. The lowest BCUT2D eigenvalue weighted by Gasteiger charge is -2.30. The molecule has 0 atom stereocenters. The number of rotatable bonds is 4. The van der Waals surface area contributed by atoms with Gasteiger partial charge in [0.2, 0.25) is 0 Å². The zero-order valence-corrected chi connectivity index (χ0v) is 12.4. The highest BCUT2D eigenvalue weighted by atomic mass is 32.1. The van der Waals surface area contributed by atoms with Crippen molar-refractivity contribution in [2.24, 2.45) is 5.92 Å². The number of aromatic nitrogens is 1. The topological polar surface area (TPSA) is 36.4 Å². The molecule has 0 amide bonds. The minimum absolute atomic E-state index is 0.344. The molecule has 0 aliphatic carbocycles. The van der Waals surface area contributed by atoms with Crippen molar-refractivity contribution in [3.8, 4) is 10.6 Å². The number of piperidine rings is 1. The van der Waals surface area contributed by atoms with Crippen molar-refractivity contribution in [1.82, 2.24) is 9.88 Å². The second-order valence-electron chi connectivity index (χ2n) is 5.05. The maximum atomic E-state index is 9.15. The Balaban J connectivity index is 1.59. The van der Waals surface area contributed by atoms with Gasteiger partial charge in [-0.1, -0.05) is 0 Å². The van der Waals surface area contributed by atoms with Crippen LogP contribution in [0.15, 0.2) is 23.0 Å². The fourth-order valence-electron chi connectivity index (χ4n) is 2.45. The number of nitrogens with zero attached hydrogens (tertiary/aromatic N) is 2. The molecule has 1 fully saturated rings. The van der Waals surface area contributed by atoms with Gasteiger partial charge >= 0.3 is 0 Å². The maximum absolute atomic E-state index is 9.15. The molecule has 1 aliphatic heterocycles. The quantitative estimate of drug-likeness (QED) is 0.941. The zero-order valence-electron chi connectivity index (χ0n) is 10.8. The Labute approximate surface area is 121 Å². The van der Waals surface area contributed by atoms with Crippen LogP contribution in [0.25, 0.3) is 10.6 Å². The van der Waals surface area contributed by atoms with E-state index in [9.17, 15) is 0 Å². The summed E-state index contributed by atoms with van der Waals surface area (Å²) in [7, 11) is 0. The first-order valence-electron chi connectivity index (χ1n) is 6.65. The van der Waals surface area contributed by atoms with E-state index in [1.54, 1.807) is 22.7 Å². The molecule has 5 heteroatoms. The molecule has 102 valence electrons. The monoisotopic (exact) mass is 294 g/mol. The molecule has 3 rings (SSSR count). The predicted molar refractivity (Wildman–Crippen MR) is 80.5 cm³/mol. The Morgan fingerprint density at radius 2 is 2.21 bits per heavy atom. The van der Waals surface area contributed by atoms with Gasteiger partial charge in [-0.3, -0.25) is 4.90 Å². The summed E-state index contributed by atoms with van der Waals surface area (Å²) in [6.45, 7) is 3.53. The van der Waals surface area contributed by atoms with E-state index in [2.05, 4.69) is 26.7 Å². The molecule has 0 unspecified atom stereocenters. The van der Waals surface area contributed by atoms with Crippen molar-refractivity contribution < 1.29 is 5.11 Å². The van der Waals surface area contributed by atoms with Gasteiger partial charge < -0.3 is 5.11 Å². The third-order valence-electron chi connectivity index (χ3n) is 3.67. The Hall–Kier alpha value is -0.750. The van der Waals surface area contributed by atoms with E-state index >= 15 is 0 Å². The van der Waals surface area contributed by atoms with Crippen LogP contribution < -0.4 is 0 Å². The van der Waals surface area contributed by atoms with Crippen LogP contribution in [0, 0.1) is 5.92 Å². The summed E-state index contributed by atoms with van der Waals surface area (Å²) in [5.41, 5.74) is 1.24. The van der Waals surface area contributed by atoms with Crippen LogP contribution in [0.3, 0.4) is 0 Å². The van der Waals surface area contributed by atoms with Crippen LogP contribution in [0.2, 0.25) is 0 Å². The van der Waals surface area contributed by atoms with E-state index < -0.39 is 0 Å². The fraction of sp³-hybridized carbons (Fsp3) is 0.500. The summed E-state index contributed by atoms with van der Waals surface area (Å²) in [6, 6.07) is 2.13. The van der Waals surface area contributed by atoms with E-state index in [0.29, 0.717) is 12.5 Å². The van der Waals surface area contributed by atoms with Gasteiger partial charge in [0.25, 0.3) is 0 Å². The lowest BCUT2D eigenvalue weighted by molar-refractivity contribution is 0.128. The molecule has 0 aromatic carbocycles. The minimum Gasteiger partial charge on any atom is -0.396 e. The van der Waals surface area contributed by atoms with Crippen molar-refractivity contribution in [1.29, 1.82) is 0 Å². The standard InChI is InChI=1S/C14H18N2OS2/c17-9-11-1-4-16(5-2-11)8-13-7-15-14(19-13)12-3-6-18-10-12/h3,6-7,10-11,17H,1-2,4-5,8-9H2. The van der Waals surface area contributed by atoms with Crippen molar-refractivity contribution in [3.63, 3.8) is 0 Å². The molecule has 0 radical (unpaired) electrons. The van der Waals surface area contributed by atoms with E-state index in [-0.39, 0.29) is 0 Å². The summed E-state index contributed by atoms with van der Waals surface area (Å²) < 4.78 is 0. The fourth-order valence-corrected chi connectivity index (χ4v) is 4.11. The molecule has 1 aliphatic rings. The van der Waals surface area contributed by atoms with Gasteiger partial charge in [-0.05, 0) is 43.3 Å². The molecule has 3 heterocycles. The number of thiophene rings is 1. The third-order valence-corrected chi connectivity index (χ3v) is 5.38. The van der Waals surface area contributed by atoms with Gasteiger partial charge in [0.1, 0.15) is 5.01 Å². The highest BCUT2D eigenvalue weighted by molar-refractivity contribution is 7.15. The molecule has 2 aromatic heterocycles. The van der Waals surface area contributed by atoms with Crippen LogP contribution in [-0.2, 0) is 6.54 Å². The number of likely N-dealkylation sites (tertiary alicyclic amines) is 1. The average Bonchev–Trinajstić information content (AvgIpc) is 3.10. The Morgan fingerprint density at radius 1 is 1.37 bits per heavy atom. The van der Waals surface area contributed by atoms with Crippen molar-refractivity contribution >= 4 is 22.7 Å². The van der Waals surface area contributed by atoms with Gasteiger partial charge in [-0.25, -0.2) is 4.98 Å². The lowest BCUT2D eigenvalue weighted by Crippen LogP contribution is -2.34. The first kappa shape index (κ1) is 13.2. The van der Waals surface area contributed by atoms with E-state index in [1.165, 1.54) is 10.4 Å². The van der Waals surface area contributed by atoms with Crippen LogP contribution in [0.1, 0.15) is 17.7 Å². The summed E-state index contributed by atoms with van der Waals surface area (Å²) in [4.78, 5) is 8.32. The molecule has 1 N–H and O–H groups in total. The highest BCUT2D eigenvalue weighted by Gasteiger charge is 2.19. The molecule has 3 nitrogen and oxygen atoms in total. The van der Waals surface area contributed by atoms with Crippen LogP contribution >= 0.6 is 22.7 Å². The van der Waals surface area contributed by atoms with Gasteiger partial charge in [-0.2, -0.15) is 11.3 Å². The van der Waals surface area contributed by atoms with Gasteiger partial charge in [0, 0.05) is 35.2 Å². The highest BCUT2D eigenvalue weighted by Crippen LogP contribution is 2.28. The van der Waals surface area contributed by atoms with Crippen molar-refractivity contribution in [2.45, 2.75) is 19.4 Å². The summed E-state index contributed by atoms with van der Waals surface area (Å²) in [5, 5.41) is 14.5. The molecule has 2 aromatic rings. The van der Waals surface area contributed by atoms with Gasteiger partial charge in [0.05, 0.1) is 0 Å². The van der Waals surface area contributed by atoms with Crippen molar-refractivity contribution in [2.75, 3.05) is 19.7 Å². The molecule has 0 spiro atoms. The molecular weight excluding hydrogens is 276 g/mol. The van der Waals surface area contributed by atoms with Gasteiger partial charge in [-0.15, -0.1) is 11.3 Å². The predicted octanol–water partition coefficient (Wildman–Crippen LogP) is 3.08. The Bertz CT molecular complexity index is 501. The smallest absolute Gasteiger partial charge is 0.124 e. The van der Waals surface area contributed by atoms with Crippen LogP contribution in [0.5, 0.6) is 0 Å². The Morgan fingerprint density at radius 3 is 2.89 bits per heavy atom. The van der Waals surface area contributed by atoms with E-state index in [1.807, 2.05) is 6.20 Å². The van der Waals surface area contributed by atoms with Gasteiger partial charge in [0.15, 0.2) is 0 Å². The summed E-state index contributed by atoms with van der Waals surface area (Å²) >= 11 is 3.51. The maximum Gasteiger partial charge on any atom is 0.124 e. The zero-order chi connectivity index (χ0) is 13.1.